The Bertz CT molecular complexity index is 919. The van der Waals surface area contributed by atoms with Crippen molar-refractivity contribution < 1.29 is 30.2 Å². The number of halogens is 3. The molecule has 1 unspecified atom stereocenters. The molecule has 0 aromatic heterocycles. The van der Waals surface area contributed by atoms with Crippen molar-refractivity contribution >= 4 is 0 Å². The molecule has 0 amide bonds. The third-order valence-electron chi connectivity index (χ3n) is 2.68. The quantitative estimate of drug-likeness (QED) is 0.850. The average Bonchev–Trinajstić information content (AvgIpc) is 2.63. The van der Waals surface area contributed by atoms with Gasteiger partial charge in [0.2, 0.25) is 0 Å². The van der Waals surface area contributed by atoms with E-state index in [9.17, 15) is 13.2 Å². The normalized spacial score (nSPS) is 20.8. The molecule has 0 aliphatic carbocycles. The van der Waals surface area contributed by atoms with E-state index < -0.39 is 67.0 Å². The van der Waals surface area contributed by atoms with E-state index in [-0.39, 0.29) is 12.3 Å². The largest absolute Gasteiger partial charge is 0.486 e. The van der Waals surface area contributed by atoms with Crippen LogP contribution in [0.2, 0.25) is 0 Å². The average molecular weight is 318 g/mol. The lowest BCUT2D eigenvalue weighted by molar-refractivity contribution is -0.137. The van der Waals surface area contributed by atoms with Gasteiger partial charge in [-0.05, 0) is 43.3 Å². The van der Waals surface area contributed by atoms with Gasteiger partial charge in [-0.3, -0.25) is 0 Å². The zero-order chi connectivity index (χ0) is 23.8. The molecule has 1 atom stereocenters. The van der Waals surface area contributed by atoms with Gasteiger partial charge in [-0.15, -0.1) is 0 Å². The topological polar surface area (TPSA) is 21.3 Å². The summed E-state index contributed by atoms with van der Waals surface area (Å²) < 4.78 is 113. The maximum Gasteiger partial charge on any atom is 0.416 e. The standard InChI is InChI=1S/C17H18F3NO/c1-21-12-11-16(13-5-3-2-4-6-13)22-15-9-7-14(8-10-15)17(18,19)20/h2-10,16,21H,11-12H2,1H3/i1D3,2D,3D,4D,5D,6D,16D. The van der Waals surface area contributed by atoms with Crippen LogP contribution >= 0.6 is 0 Å². The third-order valence-corrected chi connectivity index (χ3v) is 2.68. The van der Waals surface area contributed by atoms with Crippen molar-refractivity contribution in [2.45, 2.75) is 18.7 Å². The Hall–Kier alpha value is -2.01. The summed E-state index contributed by atoms with van der Waals surface area (Å²) in [7, 11) is 0. The zero-order valence-corrected chi connectivity index (χ0v) is 11.3. The van der Waals surface area contributed by atoms with E-state index in [0.29, 0.717) is 12.1 Å². The van der Waals surface area contributed by atoms with Gasteiger partial charge in [-0.1, -0.05) is 30.2 Å². The zero-order valence-electron chi connectivity index (χ0n) is 20.3. The van der Waals surface area contributed by atoms with Gasteiger partial charge in [-0.2, -0.15) is 13.2 Å². The van der Waals surface area contributed by atoms with Crippen molar-refractivity contribution in [3.8, 4) is 5.75 Å². The highest BCUT2D eigenvalue weighted by molar-refractivity contribution is 5.30. The van der Waals surface area contributed by atoms with E-state index in [4.69, 9.17) is 17.1 Å². The summed E-state index contributed by atoms with van der Waals surface area (Å²) in [6, 6.07) is -0.353. The summed E-state index contributed by atoms with van der Waals surface area (Å²) in [5.41, 5.74) is -1.53. The minimum atomic E-state index is -4.60. The highest BCUT2D eigenvalue weighted by atomic mass is 19.4. The number of rotatable bonds is 6. The molecule has 0 bridgehead atoms. The second-order valence-corrected chi connectivity index (χ2v) is 4.22. The Morgan fingerprint density at radius 2 is 1.91 bits per heavy atom. The summed E-state index contributed by atoms with van der Waals surface area (Å²) in [5.74, 6) is -0.233. The number of benzene rings is 2. The van der Waals surface area contributed by atoms with Crippen LogP contribution in [-0.2, 0) is 6.18 Å². The predicted molar refractivity (Wildman–Crippen MR) is 79.8 cm³/mol. The molecule has 22 heavy (non-hydrogen) atoms. The Labute approximate surface area is 140 Å². The SMILES string of the molecule is [2H]c1c([2H])c([2H])c(C([2H])(CCNC([2H])([2H])[2H])Oc2ccc(C(F)(F)F)cc2)c([2H])c1[2H]. The Balaban J connectivity index is 2.53. The van der Waals surface area contributed by atoms with Crippen molar-refractivity contribution in [1.29, 1.82) is 0 Å². The first-order chi connectivity index (χ1) is 14.1. The molecular formula is C17H18F3NO. The third kappa shape index (κ3) is 4.49. The van der Waals surface area contributed by atoms with Gasteiger partial charge in [0.05, 0.1) is 13.8 Å². The second kappa shape index (κ2) is 7.31. The first kappa shape index (κ1) is 8.02. The fourth-order valence-electron chi connectivity index (χ4n) is 1.65. The molecule has 0 saturated carbocycles. The van der Waals surface area contributed by atoms with Crippen molar-refractivity contribution in [3.05, 3.63) is 65.6 Å². The van der Waals surface area contributed by atoms with Crippen LogP contribution in [0.5, 0.6) is 5.75 Å². The number of hydrogen-bond donors (Lipinski definition) is 1. The van der Waals surface area contributed by atoms with Gasteiger partial charge >= 0.3 is 6.18 Å². The van der Waals surface area contributed by atoms with Crippen molar-refractivity contribution in [2.24, 2.45) is 0 Å². The molecular weight excluding hydrogens is 291 g/mol. The Morgan fingerprint density at radius 3 is 2.50 bits per heavy atom. The summed E-state index contributed by atoms with van der Waals surface area (Å²) in [6.45, 7) is -2.95. The fourth-order valence-corrected chi connectivity index (χ4v) is 1.65. The molecule has 5 heteroatoms. The van der Waals surface area contributed by atoms with Crippen LogP contribution in [0, 0.1) is 0 Å². The molecule has 0 aliphatic rings. The lowest BCUT2D eigenvalue weighted by Gasteiger charge is -2.20. The summed E-state index contributed by atoms with van der Waals surface area (Å²) in [6.07, 6.45) is -7.49. The van der Waals surface area contributed by atoms with Gasteiger partial charge in [0, 0.05) is 10.5 Å². The summed E-state index contributed by atoms with van der Waals surface area (Å²) in [4.78, 5) is 0. The molecule has 2 aromatic carbocycles. The maximum absolute atomic E-state index is 12.8. The summed E-state index contributed by atoms with van der Waals surface area (Å²) >= 11 is 0. The van der Waals surface area contributed by atoms with Gasteiger partial charge in [0.15, 0.2) is 0 Å². The van der Waals surface area contributed by atoms with Crippen molar-refractivity contribution in [2.75, 3.05) is 13.5 Å². The lowest BCUT2D eigenvalue weighted by Crippen LogP contribution is -2.16. The van der Waals surface area contributed by atoms with E-state index in [1.54, 1.807) is 0 Å². The van der Waals surface area contributed by atoms with Gasteiger partial charge in [0.1, 0.15) is 11.8 Å². The monoisotopic (exact) mass is 318 g/mol. The molecule has 0 spiro atoms. The molecule has 2 aromatic rings. The van der Waals surface area contributed by atoms with Gasteiger partial charge in [0.25, 0.3) is 0 Å². The van der Waals surface area contributed by atoms with Gasteiger partial charge in [-0.25, -0.2) is 0 Å². The molecule has 0 saturated heterocycles. The Kier molecular flexibility index (Phi) is 2.66. The molecule has 118 valence electrons. The number of ether oxygens (including phenoxy) is 1. The first-order valence-electron chi connectivity index (χ1n) is 10.8. The van der Waals surface area contributed by atoms with E-state index in [1.165, 1.54) is 0 Å². The van der Waals surface area contributed by atoms with Crippen LogP contribution in [0.15, 0.2) is 54.5 Å². The minimum absolute atomic E-state index is 0.233. The Morgan fingerprint density at radius 1 is 1.23 bits per heavy atom. The molecule has 2 rings (SSSR count). The molecule has 2 nitrogen and oxygen atoms in total. The van der Waals surface area contributed by atoms with Crippen LogP contribution in [-0.4, -0.2) is 13.5 Å². The van der Waals surface area contributed by atoms with E-state index >= 15 is 0 Å². The van der Waals surface area contributed by atoms with Crippen LogP contribution in [0.25, 0.3) is 0 Å². The van der Waals surface area contributed by atoms with Crippen LogP contribution in [0.3, 0.4) is 0 Å². The smallest absolute Gasteiger partial charge is 0.416 e. The van der Waals surface area contributed by atoms with Crippen molar-refractivity contribution in [3.63, 3.8) is 0 Å². The molecule has 1 N–H and O–H groups in total. The molecule has 0 heterocycles. The maximum atomic E-state index is 12.8. The first-order valence-corrected chi connectivity index (χ1v) is 6.25. The highest BCUT2D eigenvalue weighted by Gasteiger charge is 2.30. The molecule has 0 aliphatic heterocycles. The minimum Gasteiger partial charge on any atom is -0.486 e. The number of hydrogen-bond acceptors (Lipinski definition) is 2. The predicted octanol–water partition coefficient (Wildman–Crippen LogP) is 4.44. The van der Waals surface area contributed by atoms with E-state index in [1.807, 2.05) is 0 Å². The number of alkyl halides is 3. The highest BCUT2D eigenvalue weighted by Crippen LogP contribution is 2.31. The second-order valence-electron chi connectivity index (χ2n) is 4.22. The van der Waals surface area contributed by atoms with Crippen molar-refractivity contribution in [1.82, 2.24) is 5.32 Å². The van der Waals surface area contributed by atoms with E-state index in [2.05, 4.69) is 5.32 Å². The summed E-state index contributed by atoms with van der Waals surface area (Å²) in [5, 5.41) is 2.14. The fraction of sp³-hybridized carbons (Fsp3) is 0.294. The van der Waals surface area contributed by atoms with Crippen LogP contribution in [0.1, 0.15) is 36.0 Å². The number of nitrogens with one attached hydrogen (secondary N) is 1. The van der Waals surface area contributed by atoms with Crippen LogP contribution < -0.4 is 10.1 Å². The van der Waals surface area contributed by atoms with E-state index in [0.717, 1.165) is 12.1 Å². The van der Waals surface area contributed by atoms with Crippen LogP contribution in [0.4, 0.5) is 13.2 Å². The molecule has 0 radical (unpaired) electrons. The van der Waals surface area contributed by atoms with Gasteiger partial charge < -0.3 is 10.1 Å². The molecule has 0 fully saturated rings. The lowest BCUT2D eigenvalue weighted by atomic mass is 10.1.